The van der Waals surface area contributed by atoms with Crippen LogP contribution in [-0.4, -0.2) is 55.8 Å². The molecule has 0 radical (unpaired) electrons. The van der Waals surface area contributed by atoms with E-state index in [2.05, 4.69) is 30.9 Å². The molecule has 0 fully saturated rings. The minimum atomic E-state index is -3.87. The number of amides is 1. The zero-order valence-corrected chi connectivity index (χ0v) is 21.8. The smallest absolute Gasteiger partial charge is 0.251 e. The number of sulfone groups is 1. The Hall–Kier alpha value is -4.65. The fourth-order valence-corrected chi connectivity index (χ4v) is 5.55. The molecule has 11 nitrogen and oxygen atoms in total. The number of carbonyl (C=O) groups is 1. The van der Waals surface area contributed by atoms with Gasteiger partial charge in [-0.2, -0.15) is 10.2 Å². The van der Waals surface area contributed by atoms with Crippen LogP contribution in [0.3, 0.4) is 0 Å². The van der Waals surface area contributed by atoms with Gasteiger partial charge < -0.3 is 5.32 Å². The van der Waals surface area contributed by atoms with Gasteiger partial charge in [0.15, 0.2) is 9.84 Å². The second kappa shape index (κ2) is 11.0. The van der Waals surface area contributed by atoms with Crippen LogP contribution < -0.4 is 5.32 Å². The van der Waals surface area contributed by atoms with Crippen molar-refractivity contribution in [3.05, 3.63) is 96.0 Å². The summed E-state index contributed by atoms with van der Waals surface area (Å²) in [6.07, 6.45) is 8.20. The molecule has 5 rings (SSSR count). The minimum Gasteiger partial charge on any atom is -0.352 e. The first-order valence-electron chi connectivity index (χ1n) is 12.1. The monoisotopic (exact) mass is 548 g/mol. The summed E-state index contributed by atoms with van der Waals surface area (Å²) in [6.45, 7) is 0.430. The lowest BCUT2D eigenvalue weighted by atomic mass is 10.1. The third kappa shape index (κ3) is 6.09. The van der Waals surface area contributed by atoms with Crippen LogP contribution in [0.2, 0.25) is 0 Å². The van der Waals surface area contributed by atoms with Crippen molar-refractivity contribution in [2.24, 2.45) is 7.05 Å². The van der Waals surface area contributed by atoms with Gasteiger partial charge in [0.1, 0.15) is 11.5 Å². The quantitative estimate of drug-likeness (QED) is 0.256. The number of rotatable bonds is 10. The van der Waals surface area contributed by atoms with E-state index in [4.69, 9.17) is 0 Å². The Balaban J connectivity index is 1.44. The van der Waals surface area contributed by atoms with E-state index in [0.29, 0.717) is 24.3 Å². The molecule has 3 aromatic heterocycles. The molecule has 0 bridgehead atoms. The van der Waals surface area contributed by atoms with E-state index in [9.17, 15) is 17.6 Å². The van der Waals surface area contributed by atoms with Crippen LogP contribution in [0.5, 0.6) is 0 Å². The molecule has 200 valence electrons. The molecule has 0 aliphatic rings. The molecule has 0 saturated heterocycles. The summed E-state index contributed by atoms with van der Waals surface area (Å²) in [4.78, 5) is 12.9. The maximum Gasteiger partial charge on any atom is 0.251 e. The van der Waals surface area contributed by atoms with Gasteiger partial charge >= 0.3 is 0 Å². The summed E-state index contributed by atoms with van der Waals surface area (Å²) in [6, 6.07) is 11.6. The number of aromatic amines is 1. The van der Waals surface area contributed by atoms with Gasteiger partial charge in [0.05, 0.1) is 34.4 Å². The molecule has 0 unspecified atom stereocenters. The number of aryl methyl sites for hydroxylation is 2. The fraction of sp³-hybridized carbons (Fsp3) is 0.192. The van der Waals surface area contributed by atoms with Gasteiger partial charge in [-0.15, -0.1) is 5.10 Å². The summed E-state index contributed by atoms with van der Waals surface area (Å²) in [5.74, 6) is -1.07. The van der Waals surface area contributed by atoms with Crippen molar-refractivity contribution in [3.63, 3.8) is 0 Å². The third-order valence-electron chi connectivity index (χ3n) is 6.03. The average Bonchev–Trinajstić information content (AvgIpc) is 3.69. The zero-order chi connectivity index (χ0) is 27.4. The summed E-state index contributed by atoms with van der Waals surface area (Å²) in [5.41, 5.74) is 2.72. The van der Waals surface area contributed by atoms with Crippen LogP contribution in [0.1, 0.15) is 28.0 Å². The average molecular weight is 549 g/mol. The molecular weight excluding hydrogens is 523 g/mol. The molecule has 0 atom stereocenters. The lowest BCUT2D eigenvalue weighted by Crippen LogP contribution is -2.25. The lowest BCUT2D eigenvalue weighted by Gasteiger charge is -2.11. The molecule has 0 saturated carbocycles. The van der Waals surface area contributed by atoms with Crippen LogP contribution >= 0.6 is 0 Å². The highest BCUT2D eigenvalue weighted by molar-refractivity contribution is 7.90. The molecule has 0 aliphatic carbocycles. The number of halogens is 1. The predicted molar refractivity (Wildman–Crippen MR) is 140 cm³/mol. The lowest BCUT2D eigenvalue weighted by molar-refractivity contribution is 0.0953. The molecule has 5 aromatic rings. The Labute approximate surface area is 223 Å². The van der Waals surface area contributed by atoms with Crippen molar-refractivity contribution in [1.29, 1.82) is 0 Å². The first-order valence-corrected chi connectivity index (χ1v) is 13.7. The van der Waals surface area contributed by atoms with E-state index in [1.165, 1.54) is 58.0 Å². The maximum absolute atomic E-state index is 13.5. The van der Waals surface area contributed by atoms with Crippen molar-refractivity contribution in [3.8, 4) is 16.9 Å². The largest absolute Gasteiger partial charge is 0.352 e. The highest BCUT2D eigenvalue weighted by Gasteiger charge is 2.24. The van der Waals surface area contributed by atoms with Gasteiger partial charge in [-0.3, -0.25) is 14.6 Å². The zero-order valence-electron chi connectivity index (χ0n) is 21.0. The number of nitrogens with one attached hydrogen (secondary N) is 2. The van der Waals surface area contributed by atoms with Crippen molar-refractivity contribution >= 4 is 15.7 Å². The van der Waals surface area contributed by atoms with Gasteiger partial charge in [0, 0.05) is 37.1 Å². The van der Waals surface area contributed by atoms with Gasteiger partial charge in [0.25, 0.3) is 5.91 Å². The van der Waals surface area contributed by atoms with E-state index in [1.807, 2.05) is 0 Å². The summed E-state index contributed by atoms with van der Waals surface area (Å²) in [5, 5.41) is 22.0. The number of hydrogen-bond acceptors (Lipinski definition) is 7. The molecular formula is C26H25FN8O3S. The molecule has 0 aliphatic heterocycles. The molecule has 39 heavy (non-hydrogen) atoms. The summed E-state index contributed by atoms with van der Waals surface area (Å²) in [7, 11) is -2.17. The van der Waals surface area contributed by atoms with Gasteiger partial charge in [-0.05, 0) is 66.9 Å². The van der Waals surface area contributed by atoms with Crippen LogP contribution in [0.15, 0.2) is 78.2 Å². The second-order valence-corrected chi connectivity index (χ2v) is 10.9. The van der Waals surface area contributed by atoms with Crippen LogP contribution in [0, 0.1) is 5.82 Å². The number of aromatic nitrogens is 7. The Morgan fingerprint density at radius 2 is 1.95 bits per heavy atom. The Morgan fingerprint density at radius 3 is 2.67 bits per heavy atom. The highest BCUT2D eigenvalue weighted by atomic mass is 32.2. The third-order valence-corrected chi connectivity index (χ3v) is 7.73. The summed E-state index contributed by atoms with van der Waals surface area (Å²) < 4.78 is 43.3. The fourth-order valence-electron chi connectivity index (χ4n) is 4.07. The maximum atomic E-state index is 13.5. The Kier molecular flexibility index (Phi) is 7.32. The van der Waals surface area contributed by atoms with E-state index in [0.717, 1.165) is 12.0 Å². The van der Waals surface area contributed by atoms with Gasteiger partial charge in [-0.1, -0.05) is 5.21 Å². The number of carbonyl (C=O) groups excluding carboxylic acids is 1. The van der Waals surface area contributed by atoms with E-state index in [1.54, 1.807) is 31.7 Å². The minimum absolute atomic E-state index is 0.00387. The van der Waals surface area contributed by atoms with Crippen molar-refractivity contribution in [2.75, 3.05) is 6.54 Å². The standard InChI is InChI=1S/C26H25FN8O3S/c1-34-12-10-21(32-34)17-39(37,38)25-9-4-19(26(36)28-11-2-3-18-14-29-30-15-18)13-23(25)24-16-35(33-31-24)22-7-5-20(27)6-8-22/h4-10,12-16H,2-3,11,17H2,1H3,(H,28,36)(H,29,30). The molecule has 2 aromatic carbocycles. The van der Waals surface area contributed by atoms with Crippen molar-refractivity contribution in [2.45, 2.75) is 23.5 Å². The summed E-state index contributed by atoms with van der Waals surface area (Å²) >= 11 is 0. The molecule has 13 heteroatoms. The van der Waals surface area contributed by atoms with Gasteiger partial charge in [-0.25, -0.2) is 17.5 Å². The first kappa shape index (κ1) is 26.0. The Morgan fingerprint density at radius 1 is 1.13 bits per heavy atom. The SMILES string of the molecule is Cn1ccc(CS(=O)(=O)c2ccc(C(=O)NCCCc3cn[nH]c3)cc2-c2cn(-c3ccc(F)cc3)nn2)n1. The molecule has 2 N–H and O–H groups in total. The highest BCUT2D eigenvalue weighted by Crippen LogP contribution is 2.30. The molecule has 1 amide bonds. The Bertz CT molecular complexity index is 1690. The van der Waals surface area contributed by atoms with Crippen LogP contribution in [0.25, 0.3) is 16.9 Å². The topological polar surface area (TPSA) is 140 Å². The van der Waals surface area contributed by atoms with E-state index < -0.39 is 15.7 Å². The molecule has 3 heterocycles. The van der Waals surface area contributed by atoms with Crippen molar-refractivity contribution in [1.82, 2.24) is 40.3 Å². The predicted octanol–water partition coefficient (Wildman–Crippen LogP) is 2.87. The number of H-pyrrole nitrogens is 1. The number of hydrogen-bond donors (Lipinski definition) is 2. The van der Waals surface area contributed by atoms with Crippen LogP contribution in [-0.2, 0) is 29.1 Å². The first-order chi connectivity index (χ1) is 18.8. The van der Waals surface area contributed by atoms with Crippen molar-refractivity contribution < 1.29 is 17.6 Å². The molecule has 0 spiro atoms. The number of nitrogens with zero attached hydrogens (tertiary/aromatic N) is 6. The number of benzene rings is 2. The second-order valence-electron chi connectivity index (χ2n) is 8.94. The van der Waals surface area contributed by atoms with E-state index in [-0.39, 0.29) is 33.4 Å². The van der Waals surface area contributed by atoms with E-state index >= 15 is 0 Å². The van der Waals surface area contributed by atoms with Crippen LogP contribution in [0.4, 0.5) is 4.39 Å². The van der Waals surface area contributed by atoms with Gasteiger partial charge in [0.2, 0.25) is 0 Å². The normalized spacial score (nSPS) is 11.5.